The number of hydrogen-bond donors (Lipinski definition) is 0. The first kappa shape index (κ1) is 18.3. The van der Waals surface area contributed by atoms with Gasteiger partial charge in [-0.3, -0.25) is 4.79 Å². The summed E-state index contributed by atoms with van der Waals surface area (Å²) in [5.41, 5.74) is 3.32. The summed E-state index contributed by atoms with van der Waals surface area (Å²) in [5.74, 6) is 0.0544. The van der Waals surface area contributed by atoms with Crippen molar-refractivity contribution in [2.45, 2.75) is 11.9 Å². The molecule has 0 N–H and O–H groups in total. The number of nitrogens with zero attached hydrogens (tertiary/aromatic N) is 2. The first-order valence-electron chi connectivity index (χ1n) is 8.86. The number of Topliss-reactive ketones (excluding diaryl/α,β-unsaturated/α-hetero) is 1. The van der Waals surface area contributed by atoms with Crippen LogP contribution >= 0.6 is 11.8 Å². The molecule has 1 heterocycles. The second-order valence-corrected chi connectivity index (χ2v) is 7.45. The van der Waals surface area contributed by atoms with Gasteiger partial charge in [-0.25, -0.2) is 4.39 Å². The summed E-state index contributed by atoms with van der Waals surface area (Å²) in [7, 11) is 0. The van der Waals surface area contributed by atoms with E-state index in [1.807, 2.05) is 55.5 Å². The van der Waals surface area contributed by atoms with Gasteiger partial charge in [0, 0.05) is 21.9 Å². The Bertz CT molecular complexity index is 1140. The molecule has 28 heavy (non-hydrogen) atoms. The number of carbonyl (C=O) groups excluding carboxylic acids is 1. The highest BCUT2D eigenvalue weighted by molar-refractivity contribution is 8.00. The van der Waals surface area contributed by atoms with Crippen LogP contribution in [0.5, 0.6) is 0 Å². The van der Waals surface area contributed by atoms with E-state index < -0.39 is 0 Å². The molecule has 0 aliphatic carbocycles. The Labute approximate surface area is 166 Å². The summed E-state index contributed by atoms with van der Waals surface area (Å²) in [6.07, 6.45) is 0. The molecule has 4 aromatic rings. The normalized spacial score (nSPS) is 10.9. The molecule has 1 aromatic heterocycles. The van der Waals surface area contributed by atoms with Crippen LogP contribution in [-0.4, -0.2) is 21.7 Å². The quantitative estimate of drug-likeness (QED) is 0.324. The Morgan fingerprint density at radius 1 is 0.893 bits per heavy atom. The molecule has 3 nitrogen and oxygen atoms in total. The zero-order chi connectivity index (χ0) is 19.5. The Hall–Kier alpha value is -3.05. The van der Waals surface area contributed by atoms with Crippen molar-refractivity contribution in [3.05, 3.63) is 89.7 Å². The van der Waals surface area contributed by atoms with Gasteiger partial charge in [0.25, 0.3) is 0 Å². The van der Waals surface area contributed by atoms with Crippen LogP contribution in [0.15, 0.2) is 77.8 Å². The van der Waals surface area contributed by atoms with Gasteiger partial charge >= 0.3 is 0 Å². The molecule has 0 aliphatic heterocycles. The highest BCUT2D eigenvalue weighted by Gasteiger charge is 2.13. The minimum absolute atomic E-state index is 0.0542. The lowest BCUT2D eigenvalue weighted by Crippen LogP contribution is -2.03. The maximum absolute atomic E-state index is 13.2. The van der Waals surface area contributed by atoms with Crippen molar-refractivity contribution in [1.29, 1.82) is 0 Å². The number of thioether (sulfide) groups is 1. The predicted octanol–water partition coefficient (Wildman–Crippen LogP) is 5.72. The number of hydrogen-bond acceptors (Lipinski definition) is 4. The van der Waals surface area contributed by atoms with Gasteiger partial charge in [-0.2, -0.15) is 0 Å². The van der Waals surface area contributed by atoms with E-state index >= 15 is 0 Å². The van der Waals surface area contributed by atoms with Crippen LogP contribution in [-0.2, 0) is 0 Å². The molecule has 0 amide bonds. The second kappa shape index (κ2) is 7.90. The van der Waals surface area contributed by atoms with Crippen molar-refractivity contribution in [1.82, 2.24) is 10.2 Å². The molecule has 0 bridgehead atoms. The van der Waals surface area contributed by atoms with Crippen LogP contribution in [0.1, 0.15) is 15.9 Å². The fourth-order valence-corrected chi connectivity index (χ4v) is 3.83. The third-order valence-electron chi connectivity index (χ3n) is 4.48. The van der Waals surface area contributed by atoms with Gasteiger partial charge in [0.2, 0.25) is 0 Å². The summed E-state index contributed by atoms with van der Waals surface area (Å²) < 4.78 is 13.2. The monoisotopic (exact) mass is 388 g/mol. The molecule has 138 valence electrons. The second-order valence-electron chi connectivity index (χ2n) is 6.48. The third kappa shape index (κ3) is 3.80. The molecule has 0 radical (unpaired) electrons. The molecule has 0 aliphatic rings. The zero-order valence-corrected chi connectivity index (χ0v) is 16.0. The maximum atomic E-state index is 13.2. The molecule has 0 fully saturated rings. The Morgan fingerprint density at radius 3 is 2.29 bits per heavy atom. The fourth-order valence-electron chi connectivity index (χ4n) is 2.96. The molecular weight excluding hydrogens is 371 g/mol. The molecular formula is C23H17FN2OS. The molecule has 0 atom stereocenters. The standard InChI is InChI=1S/C23H17FN2OS/c1-15-6-8-16(9-7-15)21(27)14-28-23-20-5-3-2-4-19(20)22(25-26-23)17-10-12-18(24)13-11-17/h2-13H,14H2,1H3. The minimum atomic E-state index is -0.289. The van der Waals surface area contributed by atoms with E-state index in [2.05, 4.69) is 10.2 Å². The van der Waals surface area contributed by atoms with Crippen molar-refractivity contribution in [3.8, 4) is 11.3 Å². The Balaban J connectivity index is 1.63. The largest absolute Gasteiger partial charge is 0.293 e. The number of fused-ring (bicyclic) bond motifs is 1. The summed E-state index contributed by atoms with van der Waals surface area (Å²) in [6.45, 7) is 1.99. The maximum Gasteiger partial charge on any atom is 0.173 e. The van der Waals surface area contributed by atoms with Crippen molar-refractivity contribution in [3.63, 3.8) is 0 Å². The van der Waals surface area contributed by atoms with E-state index in [0.717, 1.165) is 21.9 Å². The van der Waals surface area contributed by atoms with Gasteiger partial charge < -0.3 is 0 Å². The van der Waals surface area contributed by atoms with Gasteiger partial charge in [0.05, 0.1) is 5.75 Å². The molecule has 0 spiro atoms. The highest BCUT2D eigenvalue weighted by Crippen LogP contribution is 2.32. The Morgan fingerprint density at radius 2 is 1.57 bits per heavy atom. The van der Waals surface area contributed by atoms with Gasteiger partial charge in [-0.05, 0) is 31.2 Å². The predicted molar refractivity (Wildman–Crippen MR) is 111 cm³/mol. The number of aryl methyl sites for hydroxylation is 1. The SMILES string of the molecule is Cc1ccc(C(=O)CSc2nnc(-c3ccc(F)cc3)c3ccccc23)cc1. The minimum Gasteiger partial charge on any atom is -0.293 e. The first-order valence-corrected chi connectivity index (χ1v) is 9.84. The number of halogens is 1. The lowest BCUT2D eigenvalue weighted by atomic mass is 10.1. The summed E-state index contributed by atoms with van der Waals surface area (Å²) in [6, 6.07) is 21.6. The van der Waals surface area contributed by atoms with E-state index in [-0.39, 0.29) is 17.4 Å². The number of carbonyl (C=O) groups is 1. The van der Waals surface area contributed by atoms with E-state index in [1.165, 1.54) is 23.9 Å². The third-order valence-corrected chi connectivity index (χ3v) is 5.47. The van der Waals surface area contributed by atoms with Crippen molar-refractivity contribution >= 4 is 28.3 Å². The fraction of sp³-hybridized carbons (Fsp3) is 0.0870. The molecule has 0 saturated carbocycles. The molecule has 5 heteroatoms. The Kier molecular flexibility index (Phi) is 5.17. The van der Waals surface area contributed by atoms with E-state index in [1.54, 1.807) is 12.1 Å². The van der Waals surface area contributed by atoms with E-state index in [9.17, 15) is 9.18 Å². The van der Waals surface area contributed by atoms with Crippen LogP contribution in [0, 0.1) is 12.7 Å². The number of benzene rings is 3. The van der Waals surface area contributed by atoms with Crippen LogP contribution in [0.4, 0.5) is 4.39 Å². The average Bonchev–Trinajstić information content (AvgIpc) is 2.73. The number of rotatable bonds is 5. The average molecular weight is 388 g/mol. The van der Waals surface area contributed by atoms with Gasteiger partial charge in [0.1, 0.15) is 16.5 Å². The van der Waals surface area contributed by atoms with Gasteiger partial charge in [-0.15, -0.1) is 10.2 Å². The molecule has 4 rings (SSSR count). The topological polar surface area (TPSA) is 42.9 Å². The number of ketones is 1. The van der Waals surface area contributed by atoms with E-state index in [0.29, 0.717) is 16.3 Å². The van der Waals surface area contributed by atoms with Gasteiger partial charge in [0.15, 0.2) is 5.78 Å². The molecule has 0 saturated heterocycles. The van der Waals surface area contributed by atoms with Crippen LogP contribution in [0.2, 0.25) is 0 Å². The summed E-state index contributed by atoms with van der Waals surface area (Å²) in [5, 5.41) is 11.3. The summed E-state index contributed by atoms with van der Waals surface area (Å²) in [4.78, 5) is 12.5. The van der Waals surface area contributed by atoms with Crippen molar-refractivity contribution in [2.75, 3.05) is 5.75 Å². The smallest absolute Gasteiger partial charge is 0.173 e. The van der Waals surface area contributed by atoms with Gasteiger partial charge in [-0.1, -0.05) is 65.9 Å². The summed E-state index contributed by atoms with van der Waals surface area (Å²) >= 11 is 1.38. The highest BCUT2D eigenvalue weighted by atomic mass is 32.2. The van der Waals surface area contributed by atoms with Crippen molar-refractivity contribution < 1.29 is 9.18 Å². The van der Waals surface area contributed by atoms with Crippen LogP contribution in [0.3, 0.4) is 0 Å². The van der Waals surface area contributed by atoms with Crippen LogP contribution < -0.4 is 0 Å². The van der Waals surface area contributed by atoms with Crippen LogP contribution in [0.25, 0.3) is 22.0 Å². The molecule has 0 unspecified atom stereocenters. The van der Waals surface area contributed by atoms with Crippen molar-refractivity contribution in [2.24, 2.45) is 0 Å². The first-order chi connectivity index (χ1) is 13.6. The zero-order valence-electron chi connectivity index (χ0n) is 15.2. The van der Waals surface area contributed by atoms with E-state index in [4.69, 9.17) is 0 Å². The number of aromatic nitrogens is 2. The lowest BCUT2D eigenvalue weighted by Gasteiger charge is -2.09. The lowest BCUT2D eigenvalue weighted by molar-refractivity contribution is 0.102. The molecule has 3 aromatic carbocycles.